The van der Waals surface area contributed by atoms with Gasteiger partial charge in [0.2, 0.25) is 0 Å². The maximum atomic E-state index is 11.5. The highest BCUT2D eigenvalue weighted by atomic mass is 35.5. The van der Waals surface area contributed by atoms with Crippen molar-refractivity contribution < 1.29 is 14.3 Å². The number of fused-ring (bicyclic) bond motifs is 1. The number of nitrogens with one attached hydrogen (secondary N) is 2. The molecule has 1 spiro atoms. The van der Waals surface area contributed by atoms with Gasteiger partial charge in [0.15, 0.2) is 16.6 Å². The zero-order valence-electron chi connectivity index (χ0n) is 16.8. The highest BCUT2D eigenvalue weighted by Gasteiger charge is 2.49. The summed E-state index contributed by atoms with van der Waals surface area (Å²) in [5, 5.41) is 8.16. The van der Waals surface area contributed by atoms with Gasteiger partial charge in [-0.25, -0.2) is 0 Å². The first-order chi connectivity index (χ1) is 14.1. The zero-order chi connectivity index (χ0) is 21.7. The van der Waals surface area contributed by atoms with Gasteiger partial charge in [-0.15, -0.1) is 0 Å². The molecule has 5 nitrogen and oxygen atoms in total. The van der Waals surface area contributed by atoms with Crippen LogP contribution in [-0.4, -0.2) is 22.3 Å². The summed E-state index contributed by atoms with van der Waals surface area (Å²) in [5.74, 6) is 0.302. The van der Waals surface area contributed by atoms with Crippen molar-refractivity contribution in [2.75, 3.05) is 0 Å². The quantitative estimate of drug-likeness (QED) is 0.362. The average molecular weight is 465 g/mol. The summed E-state index contributed by atoms with van der Waals surface area (Å²) in [4.78, 5) is 11.5. The predicted octanol–water partition coefficient (Wildman–Crippen LogP) is 5.18. The molecule has 2 atom stereocenters. The molecule has 2 aromatic rings. The Kier molecular flexibility index (Phi) is 5.37. The summed E-state index contributed by atoms with van der Waals surface area (Å²) < 4.78 is 11.8. The van der Waals surface area contributed by atoms with Crippen molar-refractivity contribution in [2.45, 2.75) is 50.8 Å². The van der Waals surface area contributed by atoms with Crippen LogP contribution in [0.3, 0.4) is 0 Å². The first-order valence-corrected chi connectivity index (χ1v) is 10.8. The first kappa shape index (κ1) is 21.2. The molecule has 1 fully saturated rings. The average Bonchev–Trinajstić information content (AvgIpc) is 2.60. The van der Waals surface area contributed by atoms with Crippen molar-refractivity contribution in [1.29, 1.82) is 0 Å². The molecule has 2 heterocycles. The minimum Gasteiger partial charge on any atom is -0.468 e. The SMILES string of the molecule is CC(=O)Oc1cc2c(cc1Cl)C(c1ccccc1Cl)CC1(CC(C)(C)NC(=S)N1)O2. The first-order valence-electron chi connectivity index (χ1n) is 9.63. The molecule has 0 saturated carbocycles. The van der Waals surface area contributed by atoms with E-state index in [2.05, 4.69) is 24.5 Å². The van der Waals surface area contributed by atoms with E-state index >= 15 is 0 Å². The number of rotatable bonds is 2. The van der Waals surface area contributed by atoms with E-state index in [1.165, 1.54) is 6.92 Å². The van der Waals surface area contributed by atoms with E-state index in [0.717, 1.165) is 11.1 Å². The molecule has 0 radical (unpaired) electrons. The normalized spacial score (nSPS) is 24.3. The lowest BCUT2D eigenvalue weighted by molar-refractivity contribution is -0.131. The number of esters is 1. The van der Waals surface area contributed by atoms with Crippen molar-refractivity contribution in [3.63, 3.8) is 0 Å². The van der Waals surface area contributed by atoms with Crippen LogP contribution in [0, 0.1) is 0 Å². The van der Waals surface area contributed by atoms with Crippen LogP contribution in [-0.2, 0) is 4.79 Å². The second-order valence-electron chi connectivity index (χ2n) is 8.43. The standard InChI is InChI=1S/C22H22Cl2N2O3S/c1-12(27)28-19-9-18-14(8-17(19)24)15(13-6-4-5-7-16(13)23)10-22(29-18)11-21(2,3)25-20(30)26-22/h4-9,15H,10-11H2,1-3H3,(H2,25,26,30). The van der Waals surface area contributed by atoms with Gasteiger partial charge < -0.3 is 20.1 Å². The van der Waals surface area contributed by atoms with Crippen molar-refractivity contribution in [1.82, 2.24) is 10.6 Å². The van der Waals surface area contributed by atoms with E-state index in [4.69, 9.17) is 44.9 Å². The topological polar surface area (TPSA) is 59.6 Å². The Morgan fingerprint density at radius 1 is 1.17 bits per heavy atom. The molecule has 2 unspecified atom stereocenters. The zero-order valence-corrected chi connectivity index (χ0v) is 19.2. The second kappa shape index (κ2) is 7.59. The van der Waals surface area contributed by atoms with E-state index in [1.807, 2.05) is 24.3 Å². The fourth-order valence-electron chi connectivity index (χ4n) is 4.40. The van der Waals surface area contributed by atoms with Gasteiger partial charge in [-0.05, 0) is 43.8 Å². The molecule has 0 aliphatic carbocycles. The minimum absolute atomic E-state index is 0.0875. The third kappa shape index (κ3) is 4.09. The van der Waals surface area contributed by atoms with Crippen LogP contribution in [0.25, 0.3) is 0 Å². The van der Waals surface area contributed by atoms with Crippen LogP contribution in [0.4, 0.5) is 0 Å². The summed E-state index contributed by atoms with van der Waals surface area (Å²) in [6.07, 6.45) is 1.27. The molecule has 2 aliphatic rings. The maximum absolute atomic E-state index is 11.5. The van der Waals surface area contributed by atoms with E-state index < -0.39 is 11.7 Å². The van der Waals surface area contributed by atoms with Gasteiger partial charge in [-0.2, -0.15) is 0 Å². The van der Waals surface area contributed by atoms with Crippen molar-refractivity contribution in [2.24, 2.45) is 0 Å². The number of carbonyl (C=O) groups is 1. The summed E-state index contributed by atoms with van der Waals surface area (Å²) in [7, 11) is 0. The maximum Gasteiger partial charge on any atom is 0.308 e. The second-order valence-corrected chi connectivity index (χ2v) is 9.65. The van der Waals surface area contributed by atoms with Crippen LogP contribution >= 0.6 is 35.4 Å². The summed E-state index contributed by atoms with van der Waals surface area (Å²) >= 11 is 18.5. The lowest BCUT2D eigenvalue weighted by Crippen LogP contribution is -2.69. The van der Waals surface area contributed by atoms with Crippen LogP contribution < -0.4 is 20.1 Å². The van der Waals surface area contributed by atoms with Crippen LogP contribution in [0.5, 0.6) is 11.5 Å². The van der Waals surface area contributed by atoms with Gasteiger partial charge in [0.05, 0.1) is 5.02 Å². The van der Waals surface area contributed by atoms with E-state index in [1.54, 1.807) is 12.1 Å². The Labute approximate surface area is 191 Å². The van der Waals surface area contributed by atoms with Gasteiger partial charge >= 0.3 is 5.97 Å². The van der Waals surface area contributed by atoms with Gasteiger partial charge in [-0.1, -0.05) is 41.4 Å². The van der Waals surface area contributed by atoms with Crippen LogP contribution in [0.2, 0.25) is 10.0 Å². The van der Waals surface area contributed by atoms with Crippen LogP contribution in [0.1, 0.15) is 50.7 Å². The Bertz CT molecular complexity index is 1040. The lowest BCUT2D eigenvalue weighted by Gasteiger charge is -2.50. The Morgan fingerprint density at radius 3 is 2.57 bits per heavy atom. The Hall–Kier alpha value is -2.02. The third-order valence-electron chi connectivity index (χ3n) is 5.33. The van der Waals surface area contributed by atoms with E-state index in [-0.39, 0.29) is 17.2 Å². The molecule has 158 valence electrons. The van der Waals surface area contributed by atoms with Crippen molar-refractivity contribution in [3.05, 3.63) is 57.6 Å². The number of hydrogen-bond donors (Lipinski definition) is 2. The number of thiocarbonyl (C=S) groups is 1. The third-order valence-corrected chi connectivity index (χ3v) is 6.18. The Balaban J connectivity index is 1.87. The molecule has 4 rings (SSSR count). The summed E-state index contributed by atoms with van der Waals surface area (Å²) in [5.41, 5.74) is 0.849. The number of ether oxygens (including phenoxy) is 2. The highest BCUT2D eigenvalue weighted by molar-refractivity contribution is 7.80. The molecule has 0 aromatic heterocycles. The fraction of sp³-hybridized carbons (Fsp3) is 0.364. The van der Waals surface area contributed by atoms with Gasteiger partial charge in [0.1, 0.15) is 5.75 Å². The molecular weight excluding hydrogens is 443 g/mol. The number of benzene rings is 2. The number of halogens is 2. The van der Waals surface area contributed by atoms with Crippen LogP contribution in [0.15, 0.2) is 36.4 Å². The highest BCUT2D eigenvalue weighted by Crippen LogP contribution is 2.50. The molecule has 8 heteroatoms. The van der Waals surface area contributed by atoms with Gasteiger partial charge in [0.25, 0.3) is 0 Å². The minimum atomic E-state index is -0.746. The van der Waals surface area contributed by atoms with Gasteiger partial charge in [0, 0.05) is 47.9 Å². The predicted molar refractivity (Wildman–Crippen MR) is 122 cm³/mol. The smallest absolute Gasteiger partial charge is 0.308 e. The van der Waals surface area contributed by atoms with Crippen molar-refractivity contribution >= 4 is 46.5 Å². The largest absolute Gasteiger partial charge is 0.468 e. The van der Waals surface area contributed by atoms with Crippen molar-refractivity contribution in [3.8, 4) is 11.5 Å². The molecule has 30 heavy (non-hydrogen) atoms. The summed E-state index contributed by atoms with van der Waals surface area (Å²) in [6, 6.07) is 11.2. The molecular formula is C22H22Cl2N2O3S. The molecule has 2 aliphatic heterocycles. The monoisotopic (exact) mass is 464 g/mol. The number of hydrogen-bond acceptors (Lipinski definition) is 4. The molecule has 2 aromatic carbocycles. The molecule has 0 bridgehead atoms. The summed E-state index contributed by atoms with van der Waals surface area (Å²) in [6.45, 7) is 5.49. The lowest BCUT2D eigenvalue weighted by atomic mass is 9.77. The molecule has 0 amide bonds. The Morgan fingerprint density at radius 2 is 1.90 bits per heavy atom. The van der Waals surface area contributed by atoms with E-state index in [0.29, 0.717) is 33.7 Å². The number of carbonyl (C=O) groups excluding carboxylic acids is 1. The fourth-order valence-corrected chi connectivity index (χ4v) is 5.34. The molecule has 2 N–H and O–H groups in total. The molecule has 1 saturated heterocycles. The van der Waals surface area contributed by atoms with Gasteiger partial charge in [-0.3, -0.25) is 4.79 Å². The van der Waals surface area contributed by atoms with E-state index in [9.17, 15) is 4.79 Å².